The Morgan fingerprint density at radius 2 is 1.58 bits per heavy atom. The summed E-state index contributed by atoms with van der Waals surface area (Å²) >= 11 is 1.47. The van der Waals surface area contributed by atoms with Gasteiger partial charge in [0.1, 0.15) is 11.4 Å². The summed E-state index contributed by atoms with van der Waals surface area (Å²) in [7, 11) is 0. The summed E-state index contributed by atoms with van der Waals surface area (Å²) < 4.78 is 2.02. The SMILES string of the molecule is O=C(Nc1ccc(-n2cnc3ccccc32)cc1)c1cccnc1Sc1ccccc1. The van der Waals surface area contributed by atoms with Gasteiger partial charge in [0.25, 0.3) is 5.91 Å². The van der Waals surface area contributed by atoms with Crippen molar-refractivity contribution in [2.24, 2.45) is 0 Å². The lowest BCUT2D eigenvalue weighted by molar-refractivity contribution is 0.102. The Hall–Kier alpha value is -3.90. The van der Waals surface area contributed by atoms with E-state index in [4.69, 9.17) is 0 Å². The lowest BCUT2D eigenvalue weighted by atomic mass is 10.2. The maximum Gasteiger partial charge on any atom is 0.258 e. The van der Waals surface area contributed by atoms with Crippen LogP contribution >= 0.6 is 11.8 Å². The van der Waals surface area contributed by atoms with Crippen LogP contribution in [-0.4, -0.2) is 20.4 Å². The van der Waals surface area contributed by atoms with Gasteiger partial charge >= 0.3 is 0 Å². The van der Waals surface area contributed by atoms with Crippen molar-refractivity contribution < 1.29 is 4.79 Å². The maximum atomic E-state index is 12.9. The number of hydrogen-bond donors (Lipinski definition) is 1. The average Bonchev–Trinajstić information content (AvgIpc) is 3.25. The Balaban J connectivity index is 1.36. The van der Waals surface area contributed by atoms with Crippen molar-refractivity contribution in [1.82, 2.24) is 14.5 Å². The summed E-state index contributed by atoms with van der Waals surface area (Å²) in [6.45, 7) is 0. The summed E-state index contributed by atoms with van der Waals surface area (Å²) in [6.07, 6.45) is 3.51. The maximum absolute atomic E-state index is 12.9. The summed E-state index contributed by atoms with van der Waals surface area (Å²) in [4.78, 5) is 22.8. The molecule has 0 unspecified atom stereocenters. The van der Waals surface area contributed by atoms with Crippen molar-refractivity contribution in [1.29, 1.82) is 0 Å². The van der Waals surface area contributed by atoms with E-state index in [1.165, 1.54) is 11.8 Å². The molecule has 31 heavy (non-hydrogen) atoms. The quantitative estimate of drug-likeness (QED) is 0.387. The number of carbonyl (C=O) groups excluding carboxylic acids is 1. The van der Waals surface area contributed by atoms with E-state index in [0.29, 0.717) is 10.6 Å². The van der Waals surface area contributed by atoms with Gasteiger partial charge in [-0.25, -0.2) is 9.97 Å². The molecule has 2 aromatic heterocycles. The Kier molecular flexibility index (Phi) is 5.21. The van der Waals surface area contributed by atoms with Crippen LogP contribution in [0.3, 0.4) is 0 Å². The highest BCUT2D eigenvalue weighted by Gasteiger charge is 2.14. The number of pyridine rings is 1. The highest BCUT2D eigenvalue weighted by atomic mass is 32.2. The van der Waals surface area contributed by atoms with Gasteiger partial charge in [-0.15, -0.1) is 0 Å². The second-order valence-corrected chi connectivity index (χ2v) is 7.94. The predicted octanol–water partition coefficient (Wildman–Crippen LogP) is 5.82. The normalized spacial score (nSPS) is 10.8. The van der Waals surface area contributed by atoms with Gasteiger partial charge in [0.2, 0.25) is 0 Å². The summed E-state index contributed by atoms with van der Waals surface area (Å²) in [5.41, 5.74) is 4.23. The number of para-hydroxylation sites is 2. The van der Waals surface area contributed by atoms with Crippen LogP contribution in [0.5, 0.6) is 0 Å². The fourth-order valence-corrected chi connectivity index (χ4v) is 4.21. The molecule has 0 aliphatic carbocycles. The lowest BCUT2D eigenvalue weighted by Crippen LogP contribution is -2.13. The summed E-state index contributed by atoms with van der Waals surface area (Å²) in [5.74, 6) is -0.188. The van der Waals surface area contributed by atoms with E-state index in [9.17, 15) is 4.79 Å². The third-order valence-electron chi connectivity index (χ3n) is 4.83. The van der Waals surface area contributed by atoms with Gasteiger partial charge in [-0.2, -0.15) is 0 Å². The van der Waals surface area contributed by atoms with Gasteiger partial charge in [0, 0.05) is 22.5 Å². The zero-order valence-corrected chi connectivity index (χ0v) is 17.3. The Labute approximate surface area is 183 Å². The molecule has 0 saturated carbocycles. The standard InChI is InChI=1S/C25H18N4OS/c30-24(21-9-6-16-26-25(21)31-20-7-2-1-3-8-20)28-18-12-14-19(15-13-18)29-17-27-22-10-4-5-11-23(22)29/h1-17H,(H,28,30). The molecule has 0 aliphatic rings. The second-order valence-electron chi connectivity index (χ2n) is 6.88. The van der Waals surface area contributed by atoms with Crippen LogP contribution in [0.15, 0.2) is 113 Å². The molecule has 5 rings (SSSR count). The molecular weight excluding hydrogens is 404 g/mol. The number of amides is 1. The molecule has 0 radical (unpaired) electrons. The zero-order valence-electron chi connectivity index (χ0n) is 16.5. The largest absolute Gasteiger partial charge is 0.322 e. The van der Waals surface area contributed by atoms with E-state index in [1.54, 1.807) is 24.7 Å². The Morgan fingerprint density at radius 3 is 2.42 bits per heavy atom. The van der Waals surface area contributed by atoms with Crippen LogP contribution in [0.2, 0.25) is 0 Å². The number of fused-ring (bicyclic) bond motifs is 1. The number of aromatic nitrogens is 3. The van der Waals surface area contributed by atoms with E-state index >= 15 is 0 Å². The molecule has 1 amide bonds. The number of nitrogens with zero attached hydrogens (tertiary/aromatic N) is 3. The monoisotopic (exact) mass is 422 g/mol. The molecule has 0 spiro atoms. The molecule has 5 aromatic rings. The van der Waals surface area contributed by atoms with Crippen LogP contribution in [0.4, 0.5) is 5.69 Å². The van der Waals surface area contributed by atoms with Crippen LogP contribution in [-0.2, 0) is 0 Å². The molecule has 6 heteroatoms. The van der Waals surface area contributed by atoms with Crippen molar-refractivity contribution in [3.63, 3.8) is 0 Å². The molecule has 0 fully saturated rings. The van der Waals surface area contributed by atoms with Crippen molar-refractivity contribution in [3.8, 4) is 5.69 Å². The number of benzene rings is 3. The van der Waals surface area contributed by atoms with Gasteiger partial charge < -0.3 is 5.32 Å². The number of imidazole rings is 1. The van der Waals surface area contributed by atoms with Gasteiger partial charge in [0.15, 0.2) is 0 Å². The van der Waals surface area contributed by atoms with Crippen LogP contribution < -0.4 is 5.32 Å². The fourth-order valence-electron chi connectivity index (χ4n) is 3.31. The highest BCUT2D eigenvalue weighted by molar-refractivity contribution is 7.99. The van der Waals surface area contributed by atoms with Crippen molar-refractivity contribution in [3.05, 3.63) is 109 Å². The first kappa shape index (κ1) is 19.1. The minimum absolute atomic E-state index is 0.188. The number of rotatable bonds is 5. The van der Waals surface area contributed by atoms with Crippen molar-refractivity contribution in [2.75, 3.05) is 5.32 Å². The van der Waals surface area contributed by atoms with Crippen LogP contribution in [0, 0.1) is 0 Å². The summed E-state index contributed by atoms with van der Waals surface area (Å²) in [5, 5.41) is 3.65. The molecule has 5 nitrogen and oxygen atoms in total. The first-order valence-corrected chi connectivity index (χ1v) is 10.6. The lowest BCUT2D eigenvalue weighted by Gasteiger charge is -2.10. The Bertz CT molecular complexity index is 1350. The van der Waals surface area contributed by atoms with Crippen LogP contribution in [0.25, 0.3) is 16.7 Å². The van der Waals surface area contributed by atoms with Gasteiger partial charge in [0.05, 0.1) is 16.6 Å². The molecule has 0 bridgehead atoms. The van der Waals surface area contributed by atoms with Gasteiger partial charge in [-0.1, -0.05) is 42.1 Å². The molecule has 0 saturated heterocycles. The molecule has 3 aromatic carbocycles. The predicted molar refractivity (Wildman–Crippen MR) is 124 cm³/mol. The minimum atomic E-state index is -0.188. The molecule has 2 heterocycles. The Morgan fingerprint density at radius 1 is 0.806 bits per heavy atom. The average molecular weight is 423 g/mol. The number of hydrogen-bond acceptors (Lipinski definition) is 4. The topological polar surface area (TPSA) is 59.8 Å². The van der Waals surface area contributed by atoms with Crippen LogP contribution in [0.1, 0.15) is 10.4 Å². The third kappa shape index (κ3) is 4.06. The van der Waals surface area contributed by atoms with Crippen molar-refractivity contribution in [2.45, 2.75) is 9.92 Å². The first-order chi connectivity index (χ1) is 15.3. The molecule has 150 valence electrons. The highest BCUT2D eigenvalue weighted by Crippen LogP contribution is 2.29. The van der Waals surface area contributed by atoms with E-state index in [1.807, 2.05) is 83.4 Å². The second kappa shape index (κ2) is 8.45. The zero-order chi connectivity index (χ0) is 21.0. The third-order valence-corrected chi connectivity index (χ3v) is 5.86. The number of anilines is 1. The summed E-state index contributed by atoms with van der Waals surface area (Å²) in [6, 6.07) is 29.2. The molecule has 1 N–H and O–H groups in total. The smallest absolute Gasteiger partial charge is 0.258 e. The van der Waals surface area contributed by atoms with Gasteiger partial charge in [-0.3, -0.25) is 9.36 Å². The molecular formula is C25H18N4OS. The first-order valence-electron chi connectivity index (χ1n) is 9.80. The van der Waals surface area contributed by atoms with E-state index < -0.39 is 0 Å². The van der Waals surface area contributed by atoms with Crippen molar-refractivity contribution >= 4 is 34.4 Å². The fraction of sp³-hybridized carbons (Fsp3) is 0. The van der Waals surface area contributed by atoms with E-state index in [2.05, 4.69) is 15.3 Å². The number of nitrogens with one attached hydrogen (secondary N) is 1. The van der Waals surface area contributed by atoms with Gasteiger partial charge in [-0.05, 0) is 60.7 Å². The van der Waals surface area contributed by atoms with E-state index in [-0.39, 0.29) is 5.91 Å². The molecule has 0 aliphatic heterocycles. The minimum Gasteiger partial charge on any atom is -0.322 e. The number of carbonyl (C=O) groups is 1. The van der Waals surface area contributed by atoms with E-state index in [0.717, 1.165) is 27.3 Å². The molecule has 0 atom stereocenters.